The van der Waals surface area contributed by atoms with E-state index in [2.05, 4.69) is 10.3 Å². The Morgan fingerprint density at radius 2 is 1.90 bits per heavy atom. The smallest absolute Gasteiger partial charge is 0.344 e. The van der Waals surface area contributed by atoms with E-state index in [0.717, 1.165) is 16.8 Å². The first kappa shape index (κ1) is 20.0. The molecular weight excluding hydrogens is 390 g/mol. The lowest BCUT2D eigenvalue weighted by Crippen LogP contribution is -2.23. The van der Waals surface area contributed by atoms with Crippen molar-refractivity contribution in [2.45, 2.75) is 6.92 Å². The minimum Gasteiger partial charge on any atom is -0.481 e. The van der Waals surface area contributed by atoms with Crippen molar-refractivity contribution in [3.05, 3.63) is 65.0 Å². The first-order chi connectivity index (χ1) is 14.0. The summed E-state index contributed by atoms with van der Waals surface area (Å²) in [6, 6.07) is 16.4. The molecule has 0 spiro atoms. The first-order valence-corrected chi connectivity index (χ1v) is 9.53. The van der Waals surface area contributed by atoms with Crippen molar-refractivity contribution in [2.75, 3.05) is 18.5 Å². The summed E-state index contributed by atoms with van der Waals surface area (Å²) in [6.07, 6.45) is 0. The highest BCUT2D eigenvalue weighted by molar-refractivity contribution is 7.14. The number of nitriles is 1. The number of amides is 1. The van der Waals surface area contributed by atoms with Crippen molar-refractivity contribution >= 4 is 28.3 Å². The number of aryl methyl sites for hydroxylation is 1. The molecule has 8 heteroatoms. The number of para-hydroxylation sites is 1. The van der Waals surface area contributed by atoms with E-state index in [9.17, 15) is 9.59 Å². The van der Waals surface area contributed by atoms with Crippen LogP contribution in [0.5, 0.6) is 5.75 Å². The van der Waals surface area contributed by atoms with Gasteiger partial charge in [-0.25, -0.2) is 9.78 Å². The Kier molecular flexibility index (Phi) is 6.55. The van der Waals surface area contributed by atoms with Crippen molar-refractivity contribution in [1.82, 2.24) is 4.98 Å². The summed E-state index contributed by atoms with van der Waals surface area (Å²) in [5.41, 5.74) is 3.17. The van der Waals surface area contributed by atoms with Gasteiger partial charge >= 0.3 is 5.97 Å². The maximum Gasteiger partial charge on any atom is 0.344 e. The second kappa shape index (κ2) is 9.48. The number of esters is 1. The molecule has 7 nitrogen and oxygen atoms in total. The molecule has 29 heavy (non-hydrogen) atoms. The molecule has 2 aromatic carbocycles. The van der Waals surface area contributed by atoms with Crippen LogP contribution in [0, 0.1) is 18.3 Å². The number of nitrogens with one attached hydrogen (secondary N) is 1. The van der Waals surface area contributed by atoms with Crippen molar-refractivity contribution in [1.29, 1.82) is 5.26 Å². The van der Waals surface area contributed by atoms with Gasteiger partial charge in [-0.15, -0.1) is 11.3 Å². The highest BCUT2D eigenvalue weighted by atomic mass is 32.1. The molecule has 3 aromatic rings. The van der Waals surface area contributed by atoms with Gasteiger partial charge in [0.1, 0.15) is 11.8 Å². The van der Waals surface area contributed by atoms with Gasteiger partial charge in [0.2, 0.25) is 0 Å². The monoisotopic (exact) mass is 407 g/mol. The fourth-order valence-corrected chi connectivity index (χ4v) is 3.09. The lowest BCUT2D eigenvalue weighted by atomic mass is 10.1. The second-order valence-electron chi connectivity index (χ2n) is 6.01. The predicted molar refractivity (Wildman–Crippen MR) is 109 cm³/mol. The molecule has 0 bridgehead atoms. The Morgan fingerprint density at radius 1 is 1.14 bits per heavy atom. The number of aromatic nitrogens is 1. The zero-order chi connectivity index (χ0) is 20.6. The summed E-state index contributed by atoms with van der Waals surface area (Å²) >= 11 is 1.28. The van der Waals surface area contributed by atoms with Crippen LogP contribution < -0.4 is 10.1 Å². The highest BCUT2D eigenvalue weighted by Gasteiger charge is 2.12. The average Bonchev–Trinajstić information content (AvgIpc) is 3.19. The molecule has 3 rings (SSSR count). The topological polar surface area (TPSA) is 101 Å². The maximum absolute atomic E-state index is 12.0. The van der Waals surface area contributed by atoms with Gasteiger partial charge in [0.25, 0.3) is 5.91 Å². The number of ether oxygens (including phenoxy) is 2. The minimum absolute atomic E-state index is 0.280. The minimum atomic E-state index is -0.715. The largest absolute Gasteiger partial charge is 0.481 e. The quantitative estimate of drug-likeness (QED) is 0.601. The van der Waals surface area contributed by atoms with Gasteiger partial charge in [0.05, 0.1) is 11.3 Å². The second-order valence-corrected chi connectivity index (χ2v) is 6.87. The van der Waals surface area contributed by atoms with Crippen LogP contribution in [0.2, 0.25) is 0 Å². The number of benzene rings is 2. The number of anilines is 1. The Balaban J connectivity index is 1.46. The Bertz CT molecular complexity index is 1050. The van der Waals surface area contributed by atoms with Gasteiger partial charge in [-0.3, -0.25) is 10.1 Å². The van der Waals surface area contributed by atoms with Crippen molar-refractivity contribution in [3.8, 4) is 23.1 Å². The summed E-state index contributed by atoms with van der Waals surface area (Å²) in [5.74, 6) is -0.934. The molecule has 0 saturated heterocycles. The van der Waals surface area contributed by atoms with E-state index in [-0.39, 0.29) is 5.75 Å². The van der Waals surface area contributed by atoms with Gasteiger partial charge in [-0.2, -0.15) is 5.26 Å². The van der Waals surface area contributed by atoms with Gasteiger partial charge in [0, 0.05) is 10.9 Å². The number of carbonyl (C=O) groups is 2. The van der Waals surface area contributed by atoms with Crippen LogP contribution in [0.15, 0.2) is 53.9 Å². The van der Waals surface area contributed by atoms with E-state index in [0.29, 0.717) is 10.7 Å². The number of thiazole rings is 1. The number of rotatable bonds is 7. The van der Waals surface area contributed by atoms with Crippen LogP contribution in [-0.4, -0.2) is 30.1 Å². The molecule has 1 amide bonds. The van der Waals surface area contributed by atoms with E-state index in [4.69, 9.17) is 14.7 Å². The van der Waals surface area contributed by atoms with Crippen LogP contribution in [-0.2, 0) is 14.3 Å². The van der Waals surface area contributed by atoms with Crippen LogP contribution in [0.4, 0.5) is 5.13 Å². The van der Waals surface area contributed by atoms with Crippen molar-refractivity contribution < 1.29 is 19.1 Å². The molecule has 0 atom stereocenters. The van der Waals surface area contributed by atoms with Gasteiger partial charge in [-0.1, -0.05) is 42.0 Å². The Morgan fingerprint density at radius 3 is 2.66 bits per heavy atom. The number of hydrogen-bond acceptors (Lipinski definition) is 7. The summed E-state index contributed by atoms with van der Waals surface area (Å²) in [4.78, 5) is 28.1. The van der Waals surface area contributed by atoms with E-state index in [1.807, 2.05) is 42.6 Å². The zero-order valence-electron chi connectivity index (χ0n) is 15.5. The summed E-state index contributed by atoms with van der Waals surface area (Å²) in [5, 5.41) is 13.8. The fourth-order valence-electron chi connectivity index (χ4n) is 2.35. The molecule has 0 aliphatic carbocycles. The third-order valence-electron chi connectivity index (χ3n) is 3.82. The molecule has 1 aromatic heterocycles. The molecule has 146 valence electrons. The number of hydrogen-bond donors (Lipinski definition) is 1. The Hall–Kier alpha value is -3.70. The lowest BCUT2D eigenvalue weighted by molar-refractivity contribution is -0.149. The van der Waals surface area contributed by atoms with E-state index in [1.54, 1.807) is 24.3 Å². The third-order valence-corrected chi connectivity index (χ3v) is 4.57. The van der Waals surface area contributed by atoms with Crippen LogP contribution >= 0.6 is 11.3 Å². The average molecular weight is 407 g/mol. The molecule has 0 fully saturated rings. The number of carbonyl (C=O) groups excluding carboxylic acids is 2. The van der Waals surface area contributed by atoms with Crippen LogP contribution in [0.3, 0.4) is 0 Å². The van der Waals surface area contributed by atoms with E-state index < -0.39 is 25.1 Å². The molecule has 0 unspecified atom stereocenters. The number of nitrogens with zero attached hydrogens (tertiary/aromatic N) is 2. The third kappa shape index (κ3) is 5.64. The normalized spacial score (nSPS) is 10.1. The molecule has 0 aliphatic heterocycles. The molecule has 1 heterocycles. The standard InChI is InChI=1S/C21H17N3O4S/c1-14-6-8-15(9-7-14)17-13-29-21(23-17)24-19(25)11-28-20(26)12-27-18-5-3-2-4-16(18)10-22/h2-9,13H,11-12H2,1H3,(H,23,24,25). The first-order valence-electron chi connectivity index (χ1n) is 8.65. The molecule has 0 saturated carbocycles. The van der Waals surface area contributed by atoms with Gasteiger partial charge < -0.3 is 9.47 Å². The lowest BCUT2D eigenvalue weighted by Gasteiger charge is -2.07. The summed E-state index contributed by atoms with van der Waals surface area (Å²) in [7, 11) is 0. The van der Waals surface area contributed by atoms with E-state index in [1.165, 1.54) is 11.3 Å². The molecular formula is C21H17N3O4S. The summed E-state index contributed by atoms with van der Waals surface area (Å²) < 4.78 is 10.2. The van der Waals surface area contributed by atoms with Crippen LogP contribution in [0.1, 0.15) is 11.1 Å². The molecule has 0 aliphatic rings. The van der Waals surface area contributed by atoms with Crippen molar-refractivity contribution in [3.63, 3.8) is 0 Å². The zero-order valence-corrected chi connectivity index (χ0v) is 16.4. The highest BCUT2D eigenvalue weighted by Crippen LogP contribution is 2.25. The Labute approximate surface area is 171 Å². The maximum atomic E-state index is 12.0. The van der Waals surface area contributed by atoms with Gasteiger partial charge in [-0.05, 0) is 19.1 Å². The van der Waals surface area contributed by atoms with Crippen molar-refractivity contribution in [2.24, 2.45) is 0 Å². The fraction of sp³-hybridized carbons (Fsp3) is 0.143. The molecule has 1 N–H and O–H groups in total. The van der Waals surface area contributed by atoms with Gasteiger partial charge in [0.15, 0.2) is 18.3 Å². The SMILES string of the molecule is Cc1ccc(-c2csc(NC(=O)COC(=O)COc3ccccc3C#N)n2)cc1. The predicted octanol–water partition coefficient (Wildman–Crippen LogP) is 3.55. The molecule has 0 radical (unpaired) electrons. The van der Waals surface area contributed by atoms with E-state index >= 15 is 0 Å². The summed E-state index contributed by atoms with van der Waals surface area (Å²) in [6.45, 7) is 1.15. The van der Waals surface area contributed by atoms with Crippen LogP contribution in [0.25, 0.3) is 11.3 Å².